The third-order valence-corrected chi connectivity index (χ3v) is 6.89. The average molecular weight is 492 g/mol. The number of carbonyl (C=O) groups excluding carboxylic acids is 4. The Balaban J connectivity index is 1.25. The van der Waals surface area contributed by atoms with Crippen LogP contribution in [-0.2, 0) is 27.2 Å². The van der Waals surface area contributed by atoms with Gasteiger partial charge >= 0.3 is 5.97 Å². The number of aryl methyl sites for hydroxylation is 1. The highest BCUT2D eigenvalue weighted by molar-refractivity contribution is 7.17. The standard InChI is InChI=1S/C26H25N3O5S/c27-24(32)23-19-8-4-5-9-20(19)35-26(23)29-21(30)15-34-22(31)14-28-25(33)18-12-10-17(11-13-18)16-6-2-1-3-7-16/h1-3,6-7,10-13H,4-5,8-9,14-15H2,(H2,27,32)(H,28,33)(H,29,30). The minimum atomic E-state index is -0.755. The number of amides is 3. The molecule has 2 aromatic carbocycles. The fraction of sp³-hybridized carbons (Fsp3) is 0.231. The molecule has 35 heavy (non-hydrogen) atoms. The molecule has 0 bridgehead atoms. The highest BCUT2D eigenvalue weighted by Crippen LogP contribution is 2.37. The predicted molar refractivity (Wildman–Crippen MR) is 133 cm³/mol. The number of carbonyl (C=O) groups is 4. The van der Waals surface area contributed by atoms with Crippen molar-refractivity contribution in [3.63, 3.8) is 0 Å². The zero-order valence-electron chi connectivity index (χ0n) is 19.0. The number of fused-ring (bicyclic) bond motifs is 1. The molecule has 3 aromatic rings. The highest BCUT2D eigenvalue weighted by atomic mass is 32.1. The summed E-state index contributed by atoms with van der Waals surface area (Å²) in [4.78, 5) is 49.6. The molecule has 0 unspecified atom stereocenters. The second-order valence-electron chi connectivity index (χ2n) is 8.11. The zero-order valence-corrected chi connectivity index (χ0v) is 19.8. The first-order valence-corrected chi connectivity index (χ1v) is 12.1. The molecule has 1 aliphatic rings. The average Bonchev–Trinajstić information content (AvgIpc) is 3.24. The molecule has 1 aromatic heterocycles. The second-order valence-corrected chi connectivity index (χ2v) is 9.22. The Labute approximate surface area is 206 Å². The highest BCUT2D eigenvalue weighted by Gasteiger charge is 2.25. The Kier molecular flexibility index (Phi) is 7.57. The number of nitrogens with two attached hydrogens (primary N) is 1. The summed E-state index contributed by atoms with van der Waals surface area (Å²) >= 11 is 1.33. The van der Waals surface area contributed by atoms with Crippen LogP contribution >= 0.6 is 11.3 Å². The molecule has 9 heteroatoms. The summed E-state index contributed by atoms with van der Waals surface area (Å²) in [5.41, 5.74) is 9.18. The monoisotopic (exact) mass is 491 g/mol. The maximum Gasteiger partial charge on any atom is 0.325 e. The Morgan fingerprint density at radius 1 is 0.914 bits per heavy atom. The van der Waals surface area contributed by atoms with Crippen molar-refractivity contribution in [1.82, 2.24) is 5.32 Å². The van der Waals surface area contributed by atoms with E-state index in [-0.39, 0.29) is 6.54 Å². The molecule has 0 saturated heterocycles. The van der Waals surface area contributed by atoms with Gasteiger partial charge in [0.1, 0.15) is 11.5 Å². The van der Waals surface area contributed by atoms with Crippen molar-refractivity contribution in [2.75, 3.05) is 18.5 Å². The van der Waals surface area contributed by atoms with E-state index in [2.05, 4.69) is 10.6 Å². The molecule has 3 amide bonds. The summed E-state index contributed by atoms with van der Waals surface area (Å²) in [6.45, 7) is -0.923. The number of hydrogen-bond donors (Lipinski definition) is 3. The number of benzene rings is 2. The second kappa shape index (κ2) is 11.0. The first-order valence-electron chi connectivity index (χ1n) is 11.3. The smallest absolute Gasteiger partial charge is 0.325 e. The number of ether oxygens (including phenoxy) is 1. The summed E-state index contributed by atoms with van der Waals surface area (Å²) < 4.78 is 4.96. The largest absolute Gasteiger partial charge is 0.454 e. The first-order chi connectivity index (χ1) is 16.9. The molecule has 1 heterocycles. The van der Waals surface area contributed by atoms with E-state index >= 15 is 0 Å². The van der Waals surface area contributed by atoms with Crippen LogP contribution < -0.4 is 16.4 Å². The van der Waals surface area contributed by atoms with Gasteiger partial charge in [-0.15, -0.1) is 11.3 Å². The van der Waals surface area contributed by atoms with Crippen LogP contribution in [0.2, 0.25) is 0 Å². The number of esters is 1. The van der Waals surface area contributed by atoms with Gasteiger partial charge in [0, 0.05) is 10.4 Å². The molecule has 0 radical (unpaired) electrons. The van der Waals surface area contributed by atoms with Crippen molar-refractivity contribution >= 4 is 40.0 Å². The van der Waals surface area contributed by atoms with E-state index in [1.165, 1.54) is 11.3 Å². The number of anilines is 1. The fourth-order valence-electron chi connectivity index (χ4n) is 3.97. The minimum absolute atomic E-state index is 0.343. The predicted octanol–water partition coefficient (Wildman–Crippen LogP) is 3.30. The Morgan fingerprint density at radius 2 is 1.60 bits per heavy atom. The van der Waals surface area contributed by atoms with Crippen LogP contribution in [0.4, 0.5) is 5.00 Å². The molecule has 0 spiro atoms. The number of primary amides is 1. The lowest BCUT2D eigenvalue weighted by molar-refractivity contribution is -0.146. The van der Waals surface area contributed by atoms with Crippen molar-refractivity contribution in [2.24, 2.45) is 5.73 Å². The van der Waals surface area contributed by atoms with E-state index in [0.29, 0.717) is 16.1 Å². The molecule has 0 atom stereocenters. The van der Waals surface area contributed by atoms with Gasteiger partial charge in [0.15, 0.2) is 6.61 Å². The topological polar surface area (TPSA) is 128 Å². The molecule has 0 saturated carbocycles. The molecule has 4 rings (SSSR count). The van der Waals surface area contributed by atoms with Crippen LogP contribution in [0.5, 0.6) is 0 Å². The normalized spacial score (nSPS) is 12.3. The van der Waals surface area contributed by atoms with E-state index in [9.17, 15) is 19.2 Å². The Bertz CT molecular complexity index is 1250. The lowest BCUT2D eigenvalue weighted by Crippen LogP contribution is -2.32. The zero-order chi connectivity index (χ0) is 24.8. The summed E-state index contributed by atoms with van der Waals surface area (Å²) in [5.74, 6) is -2.35. The van der Waals surface area contributed by atoms with Gasteiger partial charge in [-0.05, 0) is 54.5 Å². The summed E-state index contributed by atoms with van der Waals surface area (Å²) in [7, 11) is 0. The van der Waals surface area contributed by atoms with Crippen molar-refractivity contribution in [3.05, 3.63) is 76.2 Å². The molecular weight excluding hydrogens is 466 g/mol. The summed E-state index contributed by atoms with van der Waals surface area (Å²) in [6, 6.07) is 16.8. The third kappa shape index (κ3) is 5.93. The van der Waals surface area contributed by atoms with E-state index in [0.717, 1.165) is 47.3 Å². The van der Waals surface area contributed by atoms with Crippen LogP contribution in [0, 0.1) is 0 Å². The third-order valence-electron chi connectivity index (χ3n) is 5.68. The van der Waals surface area contributed by atoms with Gasteiger partial charge in [0.05, 0.1) is 5.56 Å². The van der Waals surface area contributed by atoms with Gasteiger partial charge < -0.3 is 21.1 Å². The first kappa shape index (κ1) is 24.2. The van der Waals surface area contributed by atoms with Gasteiger partial charge in [-0.2, -0.15) is 0 Å². The Hall–Kier alpha value is -3.98. The van der Waals surface area contributed by atoms with Crippen LogP contribution in [0.3, 0.4) is 0 Å². The van der Waals surface area contributed by atoms with Crippen molar-refractivity contribution in [3.8, 4) is 11.1 Å². The van der Waals surface area contributed by atoms with Crippen molar-refractivity contribution in [1.29, 1.82) is 0 Å². The molecule has 0 aliphatic heterocycles. The van der Waals surface area contributed by atoms with Gasteiger partial charge in [-0.1, -0.05) is 42.5 Å². The number of hydrogen-bond acceptors (Lipinski definition) is 6. The molecule has 0 fully saturated rings. The molecule has 8 nitrogen and oxygen atoms in total. The van der Waals surface area contributed by atoms with Gasteiger partial charge in [0.25, 0.3) is 17.7 Å². The maximum atomic E-state index is 12.3. The van der Waals surface area contributed by atoms with E-state index in [1.807, 2.05) is 42.5 Å². The lowest BCUT2D eigenvalue weighted by Gasteiger charge is -2.11. The van der Waals surface area contributed by atoms with Crippen molar-refractivity contribution in [2.45, 2.75) is 25.7 Å². The summed E-state index contributed by atoms with van der Waals surface area (Å²) in [6.07, 6.45) is 3.60. The van der Waals surface area contributed by atoms with Crippen LogP contribution in [-0.4, -0.2) is 36.8 Å². The van der Waals surface area contributed by atoms with Gasteiger partial charge in [-0.3, -0.25) is 19.2 Å². The Morgan fingerprint density at radius 3 is 2.31 bits per heavy atom. The lowest BCUT2D eigenvalue weighted by atomic mass is 9.95. The summed E-state index contributed by atoms with van der Waals surface area (Å²) in [5, 5.41) is 5.50. The van der Waals surface area contributed by atoms with E-state index < -0.39 is 30.3 Å². The number of nitrogens with one attached hydrogen (secondary N) is 2. The van der Waals surface area contributed by atoms with Crippen LogP contribution in [0.1, 0.15) is 44.0 Å². The van der Waals surface area contributed by atoms with Crippen LogP contribution in [0.25, 0.3) is 11.1 Å². The number of thiophene rings is 1. The molecule has 180 valence electrons. The van der Waals surface area contributed by atoms with E-state index in [4.69, 9.17) is 10.5 Å². The molecule has 4 N–H and O–H groups in total. The molecule has 1 aliphatic carbocycles. The minimum Gasteiger partial charge on any atom is -0.454 e. The fourth-order valence-corrected chi connectivity index (χ4v) is 5.28. The van der Waals surface area contributed by atoms with Gasteiger partial charge in [0.2, 0.25) is 0 Å². The van der Waals surface area contributed by atoms with E-state index in [1.54, 1.807) is 12.1 Å². The quantitative estimate of drug-likeness (QED) is 0.417. The SMILES string of the molecule is NC(=O)c1c(NC(=O)COC(=O)CNC(=O)c2ccc(-c3ccccc3)cc2)sc2c1CCCC2. The maximum absolute atomic E-state index is 12.3. The number of rotatable bonds is 8. The molecular formula is C26H25N3O5S. The van der Waals surface area contributed by atoms with Crippen molar-refractivity contribution < 1.29 is 23.9 Å². The van der Waals surface area contributed by atoms with Gasteiger partial charge in [-0.25, -0.2) is 0 Å². The van der Waals surface area contributed by atoms with Crippen LogP contribution in [0.15, 0.2) is 54.6 Å².